The number of benzene rings is 2. The number of aryl methyl sites for hydroxylation is 1. The fraction of sp³-hybridized carbons (Fsp3) is 0.174. The van der Waals surface area contributed by atoms with Crippen LogP contribution in [0.25, 0.3) is 0 Å². The van der Waals surface area contributed by atoms with Gasteiger partial charge in [-0.1, -0.05) is 42.5 Å². The van der Waals surface area contributed by atoms with Crippen LogP contribution in [0.4, 0.5) is 24.7 Å². The van der Waals surface area contributed by atoms with E-state index in [4.69, 9.17) is 9.90 Å². The third kappa shape index (κ3) is 7.98. The molecule has 13 heteroatoms. The third-order valence-electron chi connectivity index (χ3n) is 4.52. The first-order valence-electron chi connectivity index (χ1n) is 10.1. The summed E-state index contributed by atoms with van der Waals surface area (Å²) in [4.78, 5) is 26.7. The lowest BCUT2D eigenvalue weighted by Gasteiger charge is -2.21. The first-order chi connectivity index (χ1) is 16.7. The number of carboxylic acid groups (broad SMARTS) is 2. The molecule has 0 saturated carbocycles. The van der Waals surface area contributed by atoms with Gasteiger partial charge in [-0.05, 0) is 36.2 Å². The van der Waals surface area contributed by atoms with E-state index in [1.807, 2.05) is 30.3 Å². The molecule has 0 aliphatic heterocycles. The molecule has 0 bridgehead atoms. The second-order valence-corrected chi connectivity index (χ2v) is 9.15. The zero-order valence-electron chi connectivity index (χ0n) is 19.0. The Bertz CT molecular complexity index is 1330. The van der Waals surface area contributed by atoms with Gasteiger partial charge in [-0.2, -0.15) is 13.2 Å². The highest BCUT2D eigenvalue weighted by Crippen LogP contribution is 2.24. The van der Waals surface area contributed by atoms with Crippen molar-refractivity contribution in [1.29, 1.82) is 0 Å². The van der Waals surface area contributed by atoms with E-state index in [9.17, 15) is 31.5 Å². The summed E-state index contributed by atoms with van der Waals surface area (Å²) in [7, 11) is -2.12. The van der Waals surface area contributed by atoms with Crippen molar-refractivity contribution in [2.45, 2.75) is 24.5 Å². The summed E-state index contributed by atoms with van der Waals surface area (Å²) < 4.78 is 59.3. The number of rotatable bonds is 7. The number of anilines is 2. The molecule has 2 aromatic carbocycles. The summed E-state index contributed by atoms with van der Waals surface area (Å²) in [6.45, 7) is 2.25. The van der Waals surface area contributed by atoms with Crippen LogP contribution in [0.1, 0.15) is 21.5 Å². The molecule has 192 valence electrons. The number of hydrogen-bond acceptors (Lipinski definition) is 6. The van der Waals surface area contributed by atoms with E-state index in [2.05, 4.69) is 9.71 Å². The molecule has 0 unspecified atom stereocenters. The number of nitrogens with zero attached hydrogens (tertiary/aromatic N) is 2. The Morgan fingerprint density at radius 1 is 1.03 bits per heavy atom. The largest absolute Gasteiger partial charge is 0.490 e. The lowest BCUT2D eigenvalue weighted by Crippen LogP contribution is -2.21. The molecule has 0 atom stereocenters. The highest BCUT2D eigenvalue weighted by molar-refractivity contribution is 7.92. The number of hydrogen-bond donors (Lipinski definition) is 3. The summed E-state index contributed by atoms with van der Waals surface area (Å²) in [5.74, 6) is -3.70. The molecule has 0 fully saturated rings. The Morgan fingerprint density at radius 3 is 2.17 bits per heavy atom. The highest BCUT2D eigenvalue weighted by atomic mass is 32.2. The van der Waals surface area contributed by atoms with Gasteiger partial charge in [0.05, 0.1) is 16.8 Å². The van der Waals surface area contributed by atoms with Crippen molar-refractivity contribution >= 4 is 33.5 Å². The van der Waals surface area contributed by atoms with Gasteiger partial charge in [0, 0.05) is 13.6 Å². The topological polar surface area (TPSA) is 137 Å². The average Bonchev–Trinajstić information content (AvgIpc) is 2.79. The lowest BCUT2D eigenvalue weighted by atomic mass is 10.2. The van der Waals surface area contributed by atoms with E-state index >= 15 is 0 Å². The van der Waals surface area contributed by atoms with Crippen molar-refractivity contribution in [2.24, 2.45) is 0 Å². The molecule has 0 aliphatic rings. The number of carbonyl (C=O) groups is 2. The van der Waals surface area contributed by atoms with Crippen molar-refractivity contribution in [2.75, 3.05) is 16.7 Å². The minimum absolute atomic E-state index is 0.0840. The number of nitrogens with one attached hydrogen (secondary N) is 1. The first kappa shape index (κ1) is 28.1. The Kier molecular flexibility index (Phi) is 9.00. The summed E-state index contributed by atoms with van der Waals surface area (Å²) in [5, 5.41) is 16.7. The lowest BCUT2D eigenvalue weighted by molar-refractivity contribution is -0.192. The molecule has 3 N–H and O–H groups in total. The second kappa shape index (κ2) is 11.5. The Labute approximate surface area is 204 Å². The predicted molar refractivity (Wildman–Crippen MR) is 125 cm³/mol. The number of sulfonamides is 1. The zero-order chi connectivity index (χ0) is 27.1. The minimum atomic E-state index is -5.08. The van der Waals surface area contributed by atoms with Gasteiger partial charge in [0.25, 0.3) is 10.0 Å². The molecule has 0 spiro atoms. The van der Waals surface area contributed by atoms with Crippen LogP contribution in [-0.2, 0) is 21.4 Å². The van der Waals surface area contributed by atoms with Crippen LogP contribution < -0.4 is 9.62 Å². The Balaban J connectivity index is 0.000000572. The molecule has 1 heterocycles. The van der Waals surface area contributed by atoms with Gasteiger partial charge in [0.1, 0.15) is 11.4 Å². The van der Waals surface area contributed by atoms with Crippen LogP contribution >= 0.6 is 0 Å². The van der Waals surface area contributed by atoms with E-state index in [-0.39, 0.29) is 22.0 Å². The standard InChI is InChI=1S/C21H21N3O4S.C2HF3O2/c1-15-7-6-10-18(11-15)29(27,28)23-17-12-19(21(25)26)20(22-13-17)24(2)14-16-8-4-3-5-9-16;3-2(4,5)1(6)7/h3-13,23H,14H2,1-2H3,(H,25,26);(H,6,7). The molecular formula is C23H22F3N3O6S. The van der Waals surface area contributed by atoms with E-state index < -0.39 is 28.1 Å². The van der Waals surface area contributed by atoms with Crippen LogP contribution in [0.15, 0.2) is 71.8 Å². The van der Waals surface area contributed by atoms with E-state index in [1.165, 1.54) is 24.4 Å². The van der Waals surface area contributed by atoms with Crippen LogP contribution in [0.3, 0.4) is 0 Å². The Hall–Kier alpha value is -4.13. The van der Waals surface area contributed by atoms with E-state index in [0.29, 0.717) is 6.54 Å². The molecule has 0 amide bonds. The van der Waals surface area contributed by atoms with Crippen molar-refractivity contribution in [3.63, 3.8) is 0 Å². The van der Waals surface area contributed by atoms with Gasteiger partial charge in [-0.25, -0.2) is 23.0 Å². The third-order valence-corrected chi connectivity index (χ3v) is 5.89. The van der Waals surface area contributed by atoms with E-state index in [0.717, 1.165) is 11.1 Å². The molecule has 3 aromatic rings. The van der Waals surface area contributed by atoms with Gasteiger partial charge in [-0.15, -0.1) is 0 Å². The van der Waals surface area contributed by atoms with Crippen LogP contribution in [0.5, 0.6) is 0 Å². The number of alkyl halides is 3. The van der Waals surface area contributed by atoms with Crippen molar-refractivity contribution < 1.29 is 41.4 Å². The van der Waals surface area contributed by atoms with E-state index in [1.54, 1.807) is 31.0 Å². The number of aliphatic carboxylic acids is 1. The van der Waals surface area contributed by atoms with Crippen molar-refractivity contribution in [3.8, 4) is 0 Å². The summed E-state index contributed by atoms with van der Waals surface area (Å²) in [5.41, 5.74) is 1.79. The SMILES string of the molecule is Cc1cccc(S(=O)(=O)Nc2cnc(N(C)Cc3ccccc3)c(C(=O)O)c2)c1.O=C(O)C(F)(F)F. The zero-order valence-corrected chi connectivity index (χ0v) is 19.8. The van der Waals surface area contributed by atoms with Gasteiger partial charge in [-0.3, -0.25) is 4.72 Å². The fourth-order valence-corrected chi connectivity index (χ4v) is 4.04. The Morgan fingerprint density at radius 2 is 1.64 bits per heavy atom. The van der Waals surface area contributed by atoms with Crippen LogP contribution in [0, 0.1) is 6.92 Å². The number of aromatic carboxylic acids is 1. The quantitative estimate of drug-likeness (QED) is 0.418. The van der Waals surface area contributed by atoms with Gasteiger partial charge in [0.2, 0.25) is 0 Å². The number of halogens is 3. The second-order valence-electron chi connectivity index (χ2n) is 7.47. The van der Waals surface area contributed by atoms with Crippen LogP contribution in [0.2, 0.25) is 0 Å². The number of aromatic nitrogens is 1. The molecule has 36 heavy (non-hydrogen) atoms. The molecule has 9 nitrogen and oxygen atoms in total. The summed E-state index contributed by atoms with van der Waals surface area (Å²) >= 11 is 0. The normalized spacial score (nSPS) is 11.1. The molecule has 0 saturated heterocycles. The van der Waals surface area contributed by atoms with Gasteiger partial charge in [0.15, 0.2) is 0 Å². The molecule has 3 rings (SSSR count). The van der Waals surface area contributed by atoms with Crippen LogP contribution in [-0.4, -0.2) is 48.8 Å². The van der Waals surface area contributed by atoms with Gasteiger partial charge < -0.3 is 15.1 Å². The first-order valence-corrected chi connectivity index (χ1v) is 11.6. The maximum absolute atomic E-state index is 12.6. The number of pyridine rings is 1. The molecular weight excluding hydrogens is 503 g/mol. The van der Waals surface area contributed by atoms with Gasteiger partial charge >= 0.3 is 18.1 Å². The van der Waals surface area contributed by atoms with Crippen molar-refractivity contribution in [3.05, 3.63) is 83.6 Å². The highest BCUT2D eigenvalue weighted by Gasteiger charge is 2.38. The molecule has 0 aliphatic carbocycles. The summed E-state index contributed by atoms with van der Waals surface area (Å²) in [6.07, 6.45) is -3.77. The maximum atomic E-state index is 12.6. The summed E-state index contributed by atoms with van der Waals surface area (Å²) in [6, 6.07) is 17.3. The van der Waals surface area contributed by atoms with Crippen molar-refractivity contribution in [1.82, 2.24) is 4.98 Å². The monoisotopic (exact) mass is 525 g/mol. The average molecular weight is 526 g/mol. The number of carboxylic acids is 2. The molecule has 1 aromatic heterocycles. The molecule has 0 radical (unpaired) electrons. The maximum Gasteiger partial charge on any atom is 0.490 e. The minimum Gasteiger partial charge on any atom is -0.478 e. The predicted octanol–water partition coefficient (Wildman–Crippen LogP) is 4.16. The smallest absolute Gasteiger partial charge is 0.478 e. The fourth-order valence-electron chi connectivity index (χ4n) is 2.90.